The summed E-state index contributed by atoms with van der Waals surface area (Å²) in [5, 5.41) is 2.56. The Labute approximate surface area is 170 Å². The number of rotatable bonds is 6. The van der Waals surface area contributed by atoms with Crippen molar-refractivity contribution in [2.24, 2.45) is 0 Å². The summed E-state index contributed by atoms with van der Waals surface area (Å²) >= 11 is 0. The number of anilines is 1. The van der Waals surface area contributed by atoms with Crippen LogP contribution >= 0.6 is 0 Å². The number of hydrogen-bond acceptors (Lipinski definition) is 7. The molecule has 0 spiro atoms. The number of benzene rings is 1. The van der Waals surface area contributed by atoms with Crippen molar-refractivity contribution in [1.82, 2.24) is 20.2 Å². The lowest BCUT2D eigenvalue weighted by Crippen LogP contribution is -2.46. The highest BCUT2D eigenvalue weighted by atomic mass is 16.5. The quantitative estimate of drug-likeness (QED) is 0.786. The summed E-state index contributed by atoms with van der Waals surface area (Å²) in [6, 6.07) is 6.58. The first-order valence-electron chi connectivity index (χ1n) is 10.0. The fourth-order valence-electron chi connectivity index (χ4n) is 3.67. The maximum absolute atomic E-state index is 11.6. The van der Waals surface area contributed by atoms with E-state index in [0.717, 1.165) is 51.5 Å². The summed E-state index contributed by atoms with van der Waals surface area (Å²) in [5.41, 5.74) is 2.61. The third kappa shape index (κ3) is 4.59. The molecule has 1 amide bonds. The maximum atomic E-state index is 11.6. The average molecular weight is 397 g/mol. The van der Waals surface area contributed by atoms with Crippen molar-refractivity contribution in [3.63, 3.8) is 0 Å². The van der Waals surface area contributed by atoms with E-state index in [1.54, 1.807) is 26.4 Å². The Balaban J connectivity index is 1.28. The Kier molecular flexibility index (Phi) is 5.80. The first-order valence-corrected chi connectivity index (χ1v) is 10.0. The highest BCUT2D eigenvalue weighted by Gasteiger charge is 2.20. The number of likely N-dealkylation sites (N-methyl/N-ethyl adjacent to an activating group) is 1. The van der Waals surface area contributed by atoms with Gasteiger partial charge in [0.25, 0.3) is 5.91 Å². The van der Waals surface area contributed by atoms with E-state index < -0.39 is 6.10 Å². The van der Waals surface area contributed by atoms with E-state index in [2.05, 4.69) is 43.3 Å². The number of nitrogens with zero attached hydrogens (tertiary/aromatic N) is 4. The number of piperazine rings is 1. The molecule has 0 saturated carbocycles. The van der Waals surface area contributed by atoms with Crippen molar-refractivity contribution < 1.29 is 14.3 Å². The van der Waals surface area contributed by atoms with E-state index in [4.69, 9.17) is 9.47 Å². The van der Waals surface area contributed by atoms with E-state index >= 15 is 0 Å². The van der Waals surface area contributed by atoms with Crippen LogP contribution in [0.1, 0.15) is 18.1 Å². The molecule has 29 heavy (non-hydrogen) atoms. The van der Waals surface area contributed by atoms with Crippen LogP contribution < -0.4 is 19.7 Å². The second-order valence-corrected chi connectivity index (χ2v) is 7.40. The zero-order chi connectivity index (χ0) is 20.2. The summed E-state index contributed by atoms with van der Waals surface area (Å²) in [7, 11) is 1.58. The molecule has 1 saturated heterocycles. The summed E-state index contributed by atoms with van der Waals surface area (Å²) in [6.07, 6.45) is 3.68. The molecule has 0 radical (unpaired) electrons. The molecule has 154 valence electrons. The van der Waals surface area contributed by atoms with Crippen LogP contribution in [0.3, 0.4) is 0 Å². The van der Waals surface area contributed by atoms with Crippen molar-refractivity contribution in [3.8, 4) is 11.5 Å². The van der Waals surface area contributed by atoms with E-state index in [0.29, 0.717) is 11.7 Å². The first-order chi connectivity index (χ1) is 14.1. The monoisotopic (exact) mass is 397 g/mol. The number of carbonyl (C=O) groups excluding carboxylic acids is 1. The molecule has 0 aliphatic carbocycles. The summed E-state index contributed by atoms with van der Waals surface area (Å²) < 4.78 is 11.2. The number of fused-ring (bicyclic) bond motifs is 1. The van der Waals surface area contributed by atoms with Crippen molar-refractivity contribution >= 4 is 11.9 Å². The number of nitrogens with one attached hydrogen (secondary N) is 1. The molecule has 2 aromatic rings. The minimum absolute atomic E-state index is 0.180. The first kappa shape index (κ1) is 19.4. The van der Waals surface area contributed by atoms with E-state index in [9.17, 15) is 4.79 Å². The minimum atomic E-state index is -0.581. The Morgan fingerprint density at radius 1 is 1.24 bits per heavy atom. The van der Waals surface area contributed by atoms with Crippen LogP contribution in [-0.4, -0.2) is 66.7 Å². The maximum Gasteiger partial charge on any atom is 0.260 e. The molecule has 1 N–H and O–H groups in total. The lowest BCUT2D eigenvalue weighted by Gasteiger charge is -2.34. The third-order valence-corrected chi connectivity index (χ3v) is 5.36. The molecular formula is C21H27N5O3. The Morgan fingerprint density at radius 2 is 2.00 bits per heavy atom. The zero-order valence-corrected chi connectivity index (χ0v) is 16.9. The van der Waals surface area contributed by atoms with Gasteiger partial charge in [0, 0.05) is 46.2 Å². The lowest BCUT2D eigenvalue weighted by atomic mass is 10.1. The molecule has 0 unspecified atom stereocenters. The SMILES string of the molecule is CNC(=O)[C@H](C)Oc1cnc(N2CCN(Cc3ccc4c(c3)OCC4)CC2)nc1. The third-order valence-electron chi connectivity index (χ3n) is 5.36. The van der Waals surface area contributed by atoms with Crippen LogP contribution in [0.15, 0.2) is 30.6 Å². The highest BCUT2D eigenvalue weighted by molar-refractivity contribution is 5.80. The number of ether oxygens (including phenoxy) is 2. The van der Waals surface area contributed by atoms with Gasteiger partial charge in [-0.1, -0.05) is 12.1 Å². The Bertz CT molecular complexity index is 850. The molecule has 4 rings (SSSR count). The predicted molar refractivity (Wildman–Crippen MR) is 109 cm³/mol. The van der Waals surface area contributed by atoms with E-state index in [1.807, 2.05) is 0 Å². The van der Waals surface area contributed by atoms with Crippen molar-refractivity contribution in [1.29, 1.82) is 0 Å². The number of carbonyl (C=O) groups is 1. The molecule has 1 fully saturated rings. The van der Waals surface area contributed by atoms with Crippen molar-refractivity contribution in [2.75, 3.05) is 44.7 Å². The fourth-order valence-corrected chi connectivity index (χ4v) is 3.67. The van der Waals surface area contributed by atoms with Gasteiger partial charge in [-0.2, -0.15) is 0 Å². The lowest BCUT2D eigenvalue weighted by molar-refractivity contribution is -0.126. The Morgan fingerprint density at radius 3 is 2.72 bits per heavy atom. The molecule has 2 aliphatic rings. The number of hydrogen-bond donors (Lipinski definition) is 1. The van der Waals surface area contributed by atoms with Crippen molar-refractivity contribution in [3.05, 3.63) is 41.7 Å². The largest absolute Gasteiger partial charge is 0.493 e. The summed E-state index contributed by atoms with van der Waals surface area (Å²) in [6.45, 7) is 7.06. The second-order valence-electron chi connectivity index (χ2n) is 7.40. The molecule has 1 aromatic heterocycles. The summed E-state index contributed by atoms with van der Waals surface area (Å²) in [5.74, 6) is 2.04. The molecule has 3 heterocycles. The molecular weight excluding hydrogens is 370 g/mol. The molecule has 8 heteroatoms. The Hall–Kier alpha value is -2.87. The number of amides is 1. The minimum Gasteiger partial charge on any atom is -0.493 e. The van der Waals surface area contributed by atoms with Gasteiger partial charge >= 0.3 is 0 Å². The number of aromatic nitrogens is 2. The normalized spacial score (nSPS) is 17.4. The standard InChI is InChI=1S/C21H27N5O3/c1-15(20(27)22-2)29-18-12-23-21(24-13-18)26-8-6-25(7-9-26)14-16-3-4-17-5-10-28-19(17)11-16/h3-4,11-13,15H,5-10,14H2,1-2H3,(H,22,27)/t15-/m0/s1. The second kappa shape index (κ2) is 8.65. The predicted octanol–water partition coefficient (Wildman–Crippen LogP) is 1.25. The van der Waals surface area contributed by atoms with Gasteiger partial charge in [0.1, 0.15) is 5.75 Å². The van der Waals surface area contributed by atoms with Gasteiger partial charge in [0.15, 0.2) is 11.9 Å². The van der Waals surface area contributed by atoms with E-state index in [-0.39, 0.29) is 5.91 Å². The van der Waals surface area contributed by atoms with Gasteiger partial charge in [-0.05, 0) is 24.1 Å². The fraction of sp³-hybridized carbons (Fsp3) is 0.476. The smallest absolute Gasteiger partial charge is 0.260 e. The molecule has 2 aliphatic heterocycles. The van der Waals surface area contributed by atoms with Gasteiger partial charge in [0.05, 0.1) is 19.0 Å². The zero-order valence-electron chi connectivity index (χ0n) is 16.9. The van der Waals surface area contributed by atoms with Gasteiger partial charge in [0.2, 0.25) is 5.95 Å². The van der Waals surface area contributed by atoms with Crippen LogP contribution in [0.4, 0.5) is 5.95 Å². The topological polar surface area (TPSA) is 79.8 Å². The van der Waals surface area contributed by atoms with Crippen LogP contribution in [0, 0.1) is 0 Å². The van der Waals surface area contributed by atoms with Gasteiger partial charge in [-0.25, -0.2) is 9.97 Å². The van der Waals surface area contributed by atoms with E-state index in [1.165, 1.54) is 11.1 Å². The molecule has 8 nitrogen and oxygen atoms in total. The van der Waals surface area contributed by atoms with Gasteiger partial charge in [-0.15, -0.1) is 0 Å². The van der Waals surface area contributed by atoms with Crippen molar-refractivity contribution in [2.45, 2.75) is 26.0 Å². The summed E-state index contributed by atoms with van der Waals surface area (Å²) in [4.78, 5) is 25.0. The molecule has 1 aromatic carbocycles. The van der Waals surface area contributed by atoms with Crippen LogP contribution in [-0.2, 0) is 17.8 Å². The van der Waals surface area contributed by atoms with Crippen LogP contribution in [0.2, 0.25) is 0 Å². The highest BCUT2D eigenvalue weighted by Crippen LogP contribution is 2.27. The van der Waals surface area contributed by atoms with Gasteiger partial charge < -0.3 is 19.7 Å². The molecule has 1 atom stereocenters. The average Bonchev–Trinajstić information content (AvgIpc) is 3.22. The van der Waals surface area contributed by atoms with Crippen LogP contribution in [0.25, 0.3) is 0 Å². The van der Waals surface area contributed by atoms with Crippen LogP contribution in [0.5, 0.6) is 11.5 Å². The molecule has 0 bridgehead atoms. The van der Waals surface area contributed by atoms with Gasteiger partial charge in [-0.3, -0.25) is 9.69 Å².